The van der Waals surface area contributed by atoms with E-state index in [2.05, 4.69) is 15.2 Å². The lowest BCUT2D eigenvalue weighted by Gasteiger charge is -1.94. The van der Waals surface area contributed by atoms with Gasteiger partial charge in [-0.25, -0.2) is 5.10 Å². The van der Waals surface area contributed by atoms with E-state index in [1.165, 1.54) is 18.7 Å². The van der Waals surface area contributed by atoms with E-state index in [-0.39, 0.29) is 5.56 Å². The lowest BCUT2D eigenvalue weighted by Crippen LogP contribution is -1.97. The third kappa shape index (κ3) is 0.806. The maximum absolute atomic E-state index is 11.2. The van der Waals surface area contributed by atoms with E-state index in [9.17, 15) is 4.79 Å². The van der Waals surface area contributed by atoms with Crippen molar-refractivity contribution in [2.45, 2.75) is 0 Å². The van der Waals surface area contributed by atoms with Crippen molar-refractivity contribution in [3.05, 3.63) is 35.1 Å². The molecule has 14 heavy (non-hydrogen) atoms. The quantitative estimate of drug-likeness (QED) is 0.571. The summed E-state index contributed by atoms with van der Waals surface area (Å²) in [5.41, 5.74) is 1.14. The first kappa shape index (κ1) is 7.25. The highest BCUT2D eigenvalue weighted by Gasteiger charge is 2.07. The van der Waals surface area contributed by atoms with E-state index < -0.39 is 0 Å². The topological polar surface area (TPSA) is 71.8 Å². The Bertz CT molecular complexity index is 668. The predicted octanol–water partition coefficient (Wildman–Crippen LogP) is 1.06. The van der Waals surface area contributed by atoms with Gasteiger partial charge in [0.1, 0.15) is 11.8 Å². The smallest absolute Gasteiger partial charge is 0.275 e. The molecular formula is C9H5N3O2. The lowest BCUT2D eigenvalue weighted by atomic mass is 10.2. The Balaban J connectivity index is 2.68. The summed E-state index contributed by atoms with van der Waals surface area (Å²) in [6.45, 7) is 0. The molecule has 1 N–H and O–H groups in total. The molecule has 5 heteroatoms. The number of fused-ring (bicyclic) bond motifs is 3. The second kappa shape index (κ2) is 2.41. The summed E-state index contributed by atoms with van der Waals surface area (Å²) < 4.78 is 5.01. The summed E-state index contributed by atoms with van der Waals surface area (Å²) >= 11 is 0. The van der Waals surface area contributed by atoms with Crippen LogP contribution >= 0.6 is 0 Å². The van der Waals surface area contributed by atoms with Crippen LogP contribution in [0.15, 0.2) is 34.0 Å². The first-order chi connectivity index (χ1) is 6.86. The van der Waals surface area contributed by atoms with Gasteiger partial charge in [0.05, 0.1) is 22.6 Å². The largest absolute Gasteiger partial charge is 0.472 e. The molecule has 0 amide bonds. The van der Waals surface area contributed by atoms with Crippen LogP contribution in [0.25, 0.3) is 21.8 Å². The zero-order chi connectivity index (χ0) is 9.54. The molecule has 0 aliphatic rings. The van der Waals surface area contributed by atoms with Crippen molar-refractivity contribution < 1.29 is 4.42 Å². The molecule has 0 atom stereocenters. The van der Waals surface area contributed by atoms with Gasteiger partial charge >= 0.3 is 0 Å². The average molecular weight is 187 g/mol. The second-order valence-electron chi connectivity index (χ2n) is 2.93. The number of pyridine rings is 1. The maximum atomic E-state index is 11.2. The van der Waals surface area contributed by atoms with Crippen LogP contribution in [0.3, 0.4) is 0 Å². The lowest BCUT2D eigenvalue weighted by molar-refractivity contribution is 0.557. The van der Waals surface area contributed by atoms with Crippen LogP contribution in [0.5, 0.6) is 0 Å². The maximum Gasteiger partial charge on any atom is 0.275 e. The molecule has 68 valence electrons. The van der Waals surface area contributed by atoms with Crippen LogP contribution in [0, 0.1) is 0 Å². The number of hydrogen-bond acceptors (Lipinski definition) is 4. The van der Waals surface area contributed by atoms with Crippen LogP contribution in [-0.4, -0.2) is 15.2 Å². The summed E-state index contributed by atoms with van der Waals surface area (Å²) in [7, 11) is 0. The van der Waals surface area contributed by atoms with E-state index >= 15 is 0 Å². The fourth-order valence-corrected chi connectivity index (χ4v) is 1.44. The highest BCUT2D eigenvalue weighted by molar-refractivity contribution is 6.01. The Labute approximate surface area is 77.4 Å². The van der Waals surface area contributed by atoms with E-state index in [4.69, 9.17) is 4.42 Å². The molecule has 0 bridgehead atoms. The fourth-order valence-electron chi connectivity index (χ4n) is 1.44. The van der Waals surface area contributed by atoms with Gasteiger partial charge < -0.3 is 4.42 Å². The molecule has 0 saturated carbocycles. The van der Waals surface area contributed by atoms with Crippen molar-refractivity contribution in [3.8, 4) is 0 Å². The van der Waals surface area contributed by atoms with E-state index in [0.29, 0.717) is 10.9 Å². The van der Waals surface area contributed by atoms with Gasteiger partial charge in [0, 0.05) is 6.20 Å². The molecule has 3 aromatic rings. The zero-order valence-corrected chi connectivity index (χ0v) is 7.02. The average Bonchev–Trinajstić information content (AvgIpc) is 2.61. The number of rotatable bonds is 0. The SMILES string of the molecule is O=c1[nH]nc2c1cnc1ccocc12. The molecule has 0 fully saturated rings. The first-order valence-electron chi connectivity index (χ1n) is 4.05. The van der Waals surface area contributed by atoms with Crippen molar-refractivity contribution >= 4 is 21.8 Å². The minimum absolute atomic E-state index is 0.224. The van der Waals surface area contributed by atoms with Gasteiger partial charge in [-0.3, -0.25) is 9.78 Å². The monoisotopic (exact) mass is 187 g/mol. The molecule has 5 nitrogen and oxygen atoms in total. The number of aromatic amines is 1. The Morgan fingerprint density at radius 1 is 1.36 bits per heavy atom. The van der Waals surface area contributed by atoms with Crippen molar-refractivity contribution in [3.63, 3.8) is 0 Å². The second-order valence-corrected chi connectivity index (χ2v) is 2.93. The molecule has 0 aliphatic carbocycles. The van der Waals surface area contributed by atoms with E-state index in [1.54, 1.807) is 6.07 Å². The molecule has 0 spiro atoms. The third-order valence-electron chi connectivity index (χ3n) is 2.12. The minimum atomic E-state index is -0.224. The van der Waals surface area contributed by atoms with Gasteiger partial charge in [-0.2, -0.15) is 5.10 Å². The number of nitrogens with zero attached hydrogens (tertiary/aromatic N) is 2. The number of hydrogen-bond donors (Lipinski definition) is 1. The molecular weight excluding hydrogens is 182 g/mol. The molecule has 0 aromatic carbocycles. The standard InChI is InChI=1S/C9H5N3O2/c13-9-5-3-10-7-1-2-14-4-6(7)8(5)11-12-9/h1-4H,(H,12,13). The minimum Gasteiger partial charge on any atom is -0.472 e. The Morgan fingerprint density at radius 2 is 2.29 bits per heavy atom. The molecule has 0 aliphatic heterocycles. The number of H-pyrrole nitrogens is 1. The van der Waals surface area contributed by atoms with Gasteiger partial charge in [0.25, 0.3) is 5.56 Å². The van der Waals surface area contributed by atoms with Gasteiger partial charge in [0.2, 0.25) is 0 Å². The summed E-state index contributed by atoms with van der Waals surface area (Å²) in [6.07, 6.45) is 4.58. The third-order valence-corrected chi connectivity index (χ3v) is 2.12. The molecule has 3 rings (SSSR count). The van der Waals surface area contributed by atoms with Crippen molar-refractivity contribution in [2.75, 3.05) is 0 Å². The van der Waals surface area contributed by atoms with E-state index in [0.717, 1.165) is 10.9 Å². The molecule has 0 saturated heterocycles. The highest BCUT2D eigenvalue weighted by atomic mass is 16.3. The number of aromatic nitrogens is 3. The van der Waals surface area contributed by atoms with Crippen molar-refractivity contribution in [1.82, 2.24) is 15.2 Å². The van der Waals surface area contributed by atoms with Gasteiger partial charge in [0.15, 0.2) is 0 Å². The Morgan fingerprint density at radius 3 is 3.21 bits per heavy atom. The first-order valence-corrected chi connectivity index (χ1v) is 4.05. The van der Waals surface area contributed by atoms with Crippen LogP contribution in [-0.2, 0) is 0 Å². The number of nitrogens with one attached hydrogen (secondary N) is 1. The van der Waals surface area contributed by atoms with Crippen LogP contribution in [0.1, 0.15) is 0 Å². The summed E-state index contributed by atoms with van der Waals surface area (Å²) in [6, 6.07) is 1.73. The van der Waals surface area contributed by atoms with Gasteiger partial charge in [-0.1, -0.05) is 0 Å². The molecule has 0 radical (unpaired) electrons. The summed E-state index contributed by atoms with van der Waals surface area (Å²) in [4.78, 5) is 15.4. The van der Waals surface area contributed by atoms with Crippen LogP contribution in [0.2, 0.25) is 0 Å². The Hall–Kier alpha value is -2.17. The zero-order valence-electron chi connectivity index (χ0n) is 7.02. The van der Waals surface area contributed by atoms with E-state index in [1.807, 2.05) is 0 Å². The van der Waals surface area contributed by atoms with Crippen molar-refractivity contribution in [2.24, 2.45) is 0 Å². The Kier molecular flexibility index (Phi) is 1.25. The summed E-state index contributed by atoms with van der Waals surface area (Å²) in [5.74, 6) is 0. The van der Waals surface area contributed by atoms with Crippen molar-refractivity contribution in [1.29, 1.82) is 0 Å². The predicted molar refractivity (Wildman–Crippen MR) is 49.9 cm³/mol. The summed E-state index contributed by atoms with van der Waals surface area (Å²) in [5, 5.41) is 7.51. The molecule has 3 aromatic heterocycles. The van der Waals surface area contributed by atoms with Crippen LogP contribution in [0.4, 0.5) is 0 Å². The molecule has 0 unspecified atom stereocenters. The normalized spacial score (nSPS) is 11.1. The van der Waals surface area contributed by atoms with Gasteiger partial charge in [-0.15, -0.1) is 0 Å². The molecule has 3 heterocycles. The fraction of sp³-hybridized carbons (Fsp3) is 0. The van der Waals surface area contributed by atoms with Crippen LogP contribution < -0.4 is 5.56 Å². The highest BCUT2D eigenvalue weighted by Crippen LogP contribution is 2.18. The van der Waals surface area contributed by atoms with Gasteiger partial charge in [-0.05, 0) is 6.07 Å².